The summed E-state index contributed by atoms with van der Waals surface area (Å²) in [5.74, 6) is 0.538. The lowest BCUT2D eigenvalue weighted by atomic mass is 10.3. The van der Waals surface area contributed by atoms with E-state index in [4.69, 9.17) is 16.7 Å². The van der Waals surface area contributed by atoms with Crippen LogP contribution in [0.4, 0.5) is 0 Å². The molecule has 0 aromatic carbocycles. The van der Waals surface area contributed by atoms with E-state index >= 15 is 0 Å². The van der Waals surface area contributed by atoms with Gasteiger partial charge in [0.05, 0.1) is 6.26 Å². The highest BCUT2D eigenvalue weighted by atomic mass is 32.4. The second-order valence-electron chi connectivity index (χ2n) is 2.63. The lowest BCUT2D eigenvalue weighted by Crippen LogP contribution is -1.94. The maximum absolute atomic E-state index is 9.11. The minimum atomic E-state index is -1.89. The van der Waals surface area contributed by atoms with Gasteiger partial charge < -0.3 is 4.89 Å². The van der Waals surface area contributed by atoms with Gasteiger partial charge in [0.15, 0.2) is 0 Å². The van der Waals surface area contributed by atoms with Crippen molar-refractivity contribution in [3.05, 3.63) is 0 Å². The average molecular weight is 152 g/mol. The minimum absolute atomic E-state index is 0.538. The van der Waals surface area contributed by atoms with E-state index in [-0.39, 0.29) is 0 Å². The summed E-state index contributed by atoms with van der Waals surface area (Å²) in [4.78, 5) is 9.11. The fourth-order valence-corrected chi connectivity index (χ4v) is 2.93. The quantitative estimate of drug-likeness (QED) is 0.607. The molecule has 0 saturated carbocycles. The van der Waals surface area contributed by atoms with Crippen LogP contribution in [0, 0.1) is 5.92 Å². The zero-order chi connectivity index (χ0) is 6.78. The van der Waals surface area contributed by atoms with Gasteiger partial charge in [-0.25, -0.2) is 0 Å². The highest BCUT2D eigenvalue weighted by Crippen LogP contribution is 2.37. The van der Waals surface area contributed by atoms with Gasteiger partial charge >= 0.3 is 0 Å². The molecule has 1 N–H and O–H groups in total. The molecule has 1 unspecified atom stereocenters. The van der Waals surface area contributed by atoms with Crippen molar-refractivity contribution in [2.75, 3.05) is 12.8 Å². The molecular formula is C5H13OPS. The van der Waals surface area contributed by atoms with Crippen LogP contribution in [-0.2, 0) is 11.8 Å². The second-order valence-corrected chi connectivity index (χ2v) is 7.45. The van der Waals surface area contributed by atoms with E-state index in [0.29, 0.717) is 5.92 Å². The van der Waals surface area contributed by atoms with Crippen molar-refractivity contribution >= 4 is 18.1 Å². The monoisotopic (exact) mass is 152 g/mol. The standard InChI is InChI=1S/C5H13OPS/c1-5(2)4-7(3,6)8/h5H,4H2,1-3H3,(H,6,8). The largest absolute Gasteiger partial charge is 0.365 e. The van der Waals surface area contributed by atoms with Gasteiger partial charge in [-0.3, -0.25) is 0 Å². The molecule has 0 aromatic rings. The molecule has 1 atom stereocenters. The summed E-state index contributed by atoms with van der Waals surface area (Å²) in [6, 6.07) is 0. The van der Waals surface area contributed by atoms with Crippen molar-refractivity contribution < 1.29 is 4.89 Å². The van der Waals surface area contributed by atoms with Crippen LogP contribution in [0.15, 0.2) is 0 Å². The molecule has 0 spiro atoms. The van der Waals surface area contributed by atoms with E-state index in [1.54, 1.807) is 6.66 Å². The number of rotatable bonds is 2. The third kappa shape index (κ3) is 6.61. The molecule has 0 rings (SSSR count). The van der Waals surface area contributed by atoms with Crippen LogP contribution in [0.25, 0.3) is 0 Å². The molecule has 0 amide bonds. The molecule has 50 valence electrons. The fourth-order valence-electron chi connectivity index (χ4n) is 0.678. The third-order valence-electron chi connectivity index (χ3n) is 0.704. The van der Waals surface area contributed by atoms with Gasteiger partial charge in [-0.05, 0) is 12.6 Å². The van der Waals surface area contributed by atoms with Crippen LogP contribution >= 0.6 is 6.26 Å². The van der Waals surface area contributed by atoms with Crippen molar-refractivity contribution in [2.45, 2.75) is 13.8 Å². The molecule has 0 fully saturated rings. The Hall–Kier alpha value is 0.610. The first-order valence-electron chi connectivity index (χ1n) is 2.71. The first kappa shape index (κ1) is 8.61. The van der Waals surface area contributed by atoms with Crippen LogP contribution in [0.5, 0.6) is 0 Å². The normalized spacial score (nSPS) is 18.6. The lowest BCUT2D eigenvalue weighted by Gasteiger charge is -2.10. The first-order valence-corrected chi connectivity index (χ1v) is 6.10. The van der Waals surface area contributed by atoms with Gasteiger partial charge in [0.1, 0.15) is 0 Å². The van der Waals surface area contributed by atoms with Crippen molar-refractivity contribution in [1.82, 2.24) is 0 Å². The Morgan fingerprint density at radius 3 is 2.00 bits per heavy atom. The maximum atomic E-state index is 9.11. The number of hydrogen-bond acceptors (Lipinski definition) is 1. The molecule has 0 aliphatic rings. The minimum Gasteiger partial charge on any atom is -0.365 e. The Bertz CT molecular complexity index is 105. The van der Waals surface area contributed by atoms with Gasteiger partial charge in [-0.15, -0.1) is 0 Å². The molecule has 0 aliphatic carbocycles. The summed E-state index contributed by atoms with van der Waals surface area (Å²) in [6.45, 7) is 5.91. The average Bonchev–Trinajstić information content (AvgIpc) is 1.21. The summed E-state index contributed by atoms with van der Waals surface area (Å²) in [7, 11) is 0. The SMILES string of the molecule is CC(C)CP(C)(O)=S. The highest BCUT2D eigenvalue weighted by molar-refractivity contribution is 8.11. The molecule has 3 heteroatoms. The van der Waals surface area contributed by atoms with E-state index in [1.165, 1.54) is 0 Å². The predicted molar refractivity (Wildman–Crippen MR) is 42.1 cm³/mol. The summed E-state index contributed by atoms with van der Waals surface area (Å²) in [5.41, 5.74) is 0. The molecule has 1 nitrogen and oxygen atoms in total. The van der Waals surface area contributed by atoms with E-state index in [9.17, 15) is 0 Å². The second kappa shape index (κ2) is 2.95. The lowest BCUT2D eigenvalue weighted by molar-refractivity contribution is 0.607. The smallest absolute Gasteiger partial charge is 0.0610 e. The molecule has 0 aromatic heterocycles. The first-order chi connectivity index (χ1) is 3.42. The van der Waals surface area contributed by atoms with E-state index in [0.717, 1.165) is 6.16 Å². The Labute approximate surface area is 56.2 Å². The Kier molecular flexibility index (Phi) is 3.18. The van der Waals surface area contributed by atoms with Crippen molar-refractivity contribution in [3.63, 3.8) is 0 Å². The van der Waals surface area contributed by atoms with Gasteiger partial charge in [0.25, 0.3) is 0 Å². The molecular weight excluding hydrogens is 139 g/mol. The Balaban J connectivity index is 3.56. The molecule has 0 aliphatic heterocycles. The summed E-state index contributed by atoms with van der Waals surface area (Å²) in [6.07, 6.45) is -1.08. The Morgan fingerprint density at radius 1 is 1.62 bits per heavy atom. The topological polar surface area (TPSA) is 20.2 Å². The predicted octanol–water partition coefficient (Wildman–Crippen LogP) is 1.66. The van der Waals surface area contributed by atoms with Gasteiger partial charge in [0, 0.05) is 6.16 Å². The van der Waals surface area contributed by atoms with E-state index in [1.807, 2.05) is 0 Å². The van der Waals surface area contributed by atoms with Crippen molar-refractivity contribution in [1.29, 1.82) is 0 Å². The zero-order valence-electron chi connectivity index (χ0n) is 5.59. The van der Waals surface area contributed by atoms with Crippen molar-refractivity contribution in [3.8, 4) is 0 Å². The molecule has 0 radical (unpaired) electrons. The Morgan fingerprint density at radius 2 is 2.00 bits per heavy atom. The van der Waals surface area contributed by atoms with Crippen LogP contribution < -0.4 is 0 Å². The summed E-state index contributed by atoms with van der Waals surface area (Å²) < 4.78 is 0. The van der Waals surface area contributed by atoms with Gasteiger partial charge in [-0.2, -0.15) is 0 Å². The number of hydrogen-bond donors (Lipinski definition) is 1. The van der Waals surface area contributed by atoms with Gasteiger partial charge in [0.2, 0.25) is 0 Å². The van der Waals surface area contributed by atoms with Crippen LogP contribution in [0.3, 0.4) is 0 Å². The zero-order valence-corrected chi connectivity index (χ0v) is 7.30. The maximum Gasteiger partial charge on any atom is 0.0610 e. The molecule has 0 bridgehead atoms. The van der Waals surface area contributed by atoms with E-state index in [2.05, 4.69) is 13.8 Å². The van der Waals surface area contributed by atoms with Crippen LogP contribution in [0.1, 0.15) is 13.8 Å². The summed E-state index contributed by atoms with van der Waals surface area (Å²) >= 11 is 4.83. The molecule has 0 heterocycles. The fraction of sp³-hybridized carbons (Fsp3) is 1.00. The van der Waals surface area contributed by atoms with Crippen LogP contribution in [-0.4, -0.2) is 17.7 Å². The molecule has 0 saturated heterocycles. The third-order valence-corrected chi connectivity index (χ3v) is 2.56. The molecule has 8 heavy (non-hydrogen) atoms. The van der Waals surface area contributed by atoms with Crippen molar-refractivity contribution in [2.24, 2.45) is 5.92 Å². The van der Waals surface area contributed by atoms with E-state index < -0.39 is 6.26 Å². The van der Waals surface area contributed by atoms with Gasteiger partial charge in [-0.1, -0.05) is 25.7 Å². The summed E-state index contributed by atoms with van der Waals surface area (Å²) in [5, 5.41) is 0. The highest BCUT2D eigenvalue weighted by Gasteiger charge is 2.05. The van der Waals surface area contributed by atoms with Crippen LogP contribution in [0.2, 0.25) is 0 Å².